The third-order valence-corrected chi connectivity index (χ3v) is 3.38. The van der Waals surface area contributed by atoms with Crippen LogP contribution in [0.3, 0.4) is 0 Å². The molecule has 152 valence electrons. The fourth-order valence-corrected chi connectivity index (χ4v) is 2.09. The van der Waals surface area contributed by atoms with Crippen LogP contribution in [-0.2, 0) is 19.1 Å². The number of carbonyl (C=O) groups is 2. The molecule has 27 heavy (non-hydrogen) atoms. The Hall–Kier alpha value is -2.16. The first-order valence-corrected chi connectivity index (χ1v) is 9.05. The molecule has 0 heterocycles. The van der Waals surface area contributed by atoms with Gasteiger partial charge in [0.25, 0.3) is 0 Å². The largest absolute Gasteiger partial charge is 0.388 e. The van der Waals surface area contributed by atoms with Gasteiger partial charge < -0.3 is 30.7 Å². The summed E-state index contributed by atoms with van der Waals surface area (Å²) in [6.07, 6.45) is 0. The van der Waals surface area contributed by atoms with Crippen molar-refractivity contribution in [3.05, 3.63) is 24.3 Å². The highest BCUT2D eigenvalue weighted by molar-refractivity contribution is 5.92. The van der Waals surface area contributed by atoms with E-state index in [0.717, 1.165) is 5.69 Å². The van der Waals surface area contributed by atoms with Crippen LogP contribution in [0, 0.1) is 0 Å². The van der Waals surface area contributed by atoms with Crippen molar-refractivity contribution in [2.24, 2.45) is 0 Å². The molecule has 8 heteroatoms. The van der Waals surface area contributed by atoms with Gasteiger partial charge in [0.15, 0.2) is 0 Å². The summed E-state index contributed by atoms with van der Waals surface area (Å²) in [7, 11) is 1.81. The van der Waals surface area contributed by atoms with Gasteiger partial charge in [0.05, 0.1) is 13.2 Å². The first-order chi connectivity index (χ1) is 12.8. The molecule has 0 aliphatic carbocycles. The maximum Gasteiger partial charge on any atom is 0.250 e. The second kappa shape index (κ2) is 12.3. The average Bonchev–Trinajstić information content (AvgIpc) is 2.61. The second-order valence-corrected chi connectivity index (χ2v) is 7.01. The lowest BCUT2D eigenvalue weighted by molar-refractivity contribution is -0.127. The molecule has 0 saturated carbocycles. The van der Waals surface area contributed by atoms with Gasteiger partial charge in [0, 0.05) is 37.1 Å². The van der Waals surface area contributed by atoms with E-state index in [1.807, 2.05) is 25.2 Å². The third-order valence-electron chi connectivity index (χ3n) is 3.38. The van der Waals surface area contributed by atoms with Crippen molar-refractivity contribution in [3.63, 3.8) is 0 Å². The second-order valence-electron chi connectivity index (χ2n) is 7.01. The van der Waals surface area contributed by atoms with Crippen LogP contribution in [0.2, 0.25) is 0 Å². The molecular weight excluding hydrogens is 348 g/mol. The van der Waals surface area contributed by atoms with Crippen LogP contribution in [0.1, 0.15) is 20.8 Å². The molecule has 4 N–H and O–H groups in total. The van der Waals surface area contributed by atoms with Gasteiger partial charge >= 0.3 is 0 Å². The van der Waals surface area contributed by atoms with Crippen LogP contribution in [0.5, 0.6) is 0 Å². The van der Waals surface area contributed by atoms with Gasteiger partial charge in [-0.15, -0.1) is 0 Å². The lowest BCUT2D eigenvalue weighted by Gasteiger charge is -2.20. The smallest absolute Gasteiger partial charge is 0.250 e. The van der Waals surface area contributed by atoms with Gasteiger partial charge in [-0.25, -0.2) is 0 Å². The highest BCUT2D eigenvalue weighted by Gasteiger charge is 2.08. The number of nitrogens with one attached hydrogen (secondary N) is 4. The number of benzene rings is 1. The lowest BCUT2D eigenvalue weighted by Crippen LogP contribution is -2.42. The number of amides is 2. The number of rotatable bonds is 12. The molecule has 1 rings (SSSR count). The van der Waals surface area contributed by atoms with Crippen molar-refractivity contribution < 1.29 is 19.1 Å². The molecule has 0 radical (unpaired) electrons. The summed E-state index contributed by atoms with van der Waals surface area (Å²) in [5.41, 5.74) is 1.64. The van der Waals surface area contributed by atoms with E-state index in [1.165, 1.54) is 0 Å². The zero-order valence-electron chi connectivity index (χ0n) is 16.7. The molecule has 0 atom stereocenters. The summed E-state index contributed by atoms with van der Waals surface area (Å²) >= 11 is 0. The van der Waals surface area contributed by atoms with Crippen LogP contribution < -0.4 is 21.3 Å². The molecule has 0 saturated heterocycles. The van der Waals surface area contributed by atoms with Crippen molar-refractivity contribution in [1.29, 1.82) is 0 Å². The van der Waals surface area contributed by atoms with Crippen molar-refractivity contribution in [2.75, 3.05) is 57.2 Å². The molecule has 2 amide bonds. The standard InChI is InChI=1S/C19H32N4O4/c1-19(2,3)22-9-8-21-17(24)13-26-10-11-27-14-18(25)23-16-7-5-6-15(12-16)20-4/h5-7,12,20,22H,8-11,13-14H2,1-4H3,(H,21,24)(H,23,25). The maximum absolute atomic E-state index is 11.8. The van der Waals surface area contributed by atoms with E-state index < -0.39 is 0 Å². The lowest BCUT2D eigenvalue weighted by atomic mass is 10.1. The molecule has 1 aromatic rings. The molecular formula is C19H32N4O4. The Morgan fingerprint density at radius 3 is 2.22 bits per heavy atom. The quantitative estimate of drug-likeness (QED) is 0.407. The Balaban J connectivity index is 2.03. The molecule has 0 spiro atoms. The topological polar surface area (TPSA) is 101 Å². The molecule has 8 nitrogen and oxygen atoms in total. The van der Waals surface area contributed by atoms with Gasteiger partial charge in [-0.1, -0.05) is 6.07 Å². The Kier molecular flexibility index (Phi) is 10.4. The van der Waals surface area contributed by atoms with Crippen molar-refractivity contribution >= 4 is 23.2 Å². The van der Waals surface area contributed by atoms with Crippen LogP contribution in [0.25, 0.3) is 0 Å². The summed E-state index contributed by atoms with van der Waals surface area (Å²) < 4.78 is 10.5. The summed E-state index contributed by atoms with van der Waals surface area (Å²) in [6, 6.07) is 7.38. The highest BCUT2D eigenvalue weighted by Crippen LogP contribution is 2.14. The summed E-state index contributed by atoms with van der Waals surface area (Å²) in [5, 5.41) is 11.8. The molecule has 0 bridgehead atoms. The minimum Gasteiger partial charge on any atom is -0.388 e. The van der Waals surface area contributed by atoms with Gasteiger partial charge in [-0.2, -0.15) is 0 Å². The minimum absolute atomic E-state index is 0.0259. The minimum atomic E-state index is -0.243. The van der Waals surface area contributed by atoms with Crippen LogP contribution in [0.4, 0.5) is 11.4 Å². The van der Waals surface area contributed by atoms with E-state index in [0.29, 0.717) is 18.8 Å². The third kappa shape index (κ3) is 12.0. The van der Waals surface area contributed by atoms with E-state index >= 15 is 0 Å². The van der Waals surface area contributed by atoms with Gasteiger partial charge in [0.2, 0.25) is 11.8 Å². The molecule has 0 aliphatic rings. The van der Waals surface area contributed by atoms with E-state index in [9.17, 15) is 9.59 Å². The molecule has 0 aromatic heterocycles. The van der Waals surface area contributed by atoms with Crippen molar-refractivity contribution in [3.8, 4) is 0 Å². The summed E-state index contributed by atoms with van der Waals surface area (Å²) in [5.74, 6) is -0.416. The normalized spacial score (nSPS) is 11.1. The van der Waals surface area contributed by atoms with Crippen LogP contribution >= 0.6 is 0 Å². The molecule has 0 fully saturated rings. The average molecular weight is 380 g/mol. The monoisotopic (exact) mass is 380 g/mol. The maximum atomic E-state index is 11.8. The highest BCUT2D eigenvalue weighted by atomic mass is 16.5. The predicted octanol–water partition coefficient (Wildman–Crippen LogP) is 1.20. The first-order valence-electron chi connectivity index (χ1n) is 9.05. The Bertz CT molecular complexity index is 587. The Morgan fingerprint density at radius 1 is 0.963 bits per heavy atom. The Labute approximate surface area is 161 Å². The summed E-state index contributed by atoms with van der Waals surface area (Å²) in [6.45, 7) is 7.83. The van der Waals surface area contributed by atoms with Crippen molar-refractivity contribution in [2.45, 2.75) is 26.3 Å². The van der Waals surface area contributed by atoms with E-state index in [1.54, 1.807) is 6.07 Å². The van der Waals surface area contributed by atoms with Gasteiger partial charge in [-0.3, -0.25) is 9.59 Å². The van der Waals surface area contributed by atoms with E-state index in [2.05, 4.69) is 42.0 Å². The SMILES string of the molecule is CNc1cccc(NC(=O)COCCOCC(=O)NCCNC(C)(C)C)c1. The molecule has 1 aromatic carbocycles. The fourth-order valence-electron chi connectivity index (χ4n) is 2.09. The van der Waals surface area contributed by atoms with Gasteiger partial charge in [-0.05, 0) is 39.0 Å². The van der Waals surface area contributed by atoms with E-state index in [-0.39, 0.29) is 43.8 Å². The molecule has 0 aliphatic heterocycles. The number of hydrogen-bond acceptors (Lipinski definition) is 6. The zero-order valence-corrected chi connectivity index (χ0v) is 16.7. The molecule has 0 unspecified atom stereocenters. The Morgan fingerprint density at radius 2 is 1.59 bits per heavy atom. The number of ether oxygens (including phenoxy) is 2. The van der Waals surface area contributed by atoms with Gasteiger partial charge in [0.1, 0.15) is 13.2 Å². The van der Waals surface area contributed by atoms with Crippen LogP contribution in [-0.4, -0.2) is 63.9 Å². The van der Waals surface area contributed by atoms with E-state index in [4.69, 9.17) is 9.47 Å². The van der Waals surface area contributed by atoms with Crippen LogP contribution in [0.15, 0.2) is 24.3 Å². The summed E-state index contributed by atoms with van der Waals surface area (Å²) in [4.78, 5) is 23.4. The zero-order chi connectivity index (χ0) is 20.1. The number of anilines is 2. The fraction of sp³-hybridized carbons (Fsp3) is 0.579. The number of carbonyl (C=O) groups excluding carboxylic acids is 2. The number of hydrogen-bond donors (Lipinski definition) is 4. The first kappa shape index (κ1) is 22.9. The van der Waals surface area contributed by atoms with Crippen molar-refractivity contribution in [1.82, 2.24) is 10.6 Å². The predicted molar refractivity (Wildman–Crippen MR) is 107 cm³/mol.